The highest BCUT2D eigenvalue weighted by Gasteiger charge is 2.30. The second-order valence-corrected chi connectivity index (χ2v) is 8.44. The Kier molecular flexibility index (Phi) is 6.60. The van der Waals surface area contributed by atoms with Crippen molar-refractivity contribution in [2.24, 2.45) is 4.99 Å². The summed E-state index contributed by atoms with van der Waals surface area (Å²) in [5, 5.41) is 4.53. The number of anilines is 2. The lowest BCUT2D eigenvalue weighted by Crippen LogP contribution is -2.53. The predicted octanol–water partition coefficient (Wildman–Crippen LogP) is 4.41. The molecule has 2 aliphatic rings. The molecule has 1 unspecified atom stereocenters. The van der Waals surface area contributed by atoms with Gasteiger partial charge in [0.15, 0.2) is 0 Å². The first-order valence-corrected chi connectivity index (χ1v) is 10.1. The van der Waals surface area contributed by atoms with Crippen LogP contribution in [0.2, 0.25) is 0 Å². The number of aliphatic imine (C=N–C) groups is 1. The van der Waals surface area contributed by atoms with Crippen molar-refractivity contribution in [3.8, 4) is 0 Å². The first-order valence-electron chi connectivity index (χ1n) is 9.25. The minimum atomic E-state index is -0.267. The Bertz CT molecular complexity index is 872. The largest absolute Gasteiger partial charge is 0.385 e. The summed E-state index contributed by atoms with van der Waals surface area (Å²) in [5.74, 6) is 0.665. The summed E-state index contributed by atoms with van der Waals surface area (Å²) in [6.07, 6.45) is 0.982. The van der Waals surface area contributed by atoms with E-state index in [0.717, 1.165) is 54.7 Å². The molecule has 0 amide bonds. The van der Waals surface area contributed by atoms with Crippen molar-refractivity contribution in [1.29, 1.82) is 0 Å². The number of thiophene rings is 1. The molecule has 3 heterocycles. The SMILES string of the molecule is COCCC1CN(C2=Nc3cc(F)ccc3Nc3sc(C)cc32)CCN1C.Cl. The van der Waals surface area contributed by atoms with Crippen LogP contribution in [0, 0.1) is 12.7 Å². The number of aryl methyl sites for hydroxylation is 1. The number of hydrogen-bond donors (Lipinski definition) is 1. The number of ether oxygens (including phenoxy) is 1. The van der Waals surface area contributed by atoms with Crippen molar-refractivity contribution >= 4 is 46.0 Å². The van der Waals surface area contributed by atoms with E-state index in [-0.39, 0.29) is 18.2 Å². The molecule has 152 valence electrons. The monoisotopic (exact) mass is 424 g/mol. The van der Waals surface area contributed by atoms with Gasteiger partial charge in [-0.3, -0.25) is 4.90 Å². The van der Waals surface area contributed by atoms with Gasteiger partial charge < -0.3 is 15.0 Å². The van der Waals surface area contributed by atoms with Crippen LogP contribution in [0.25, 0.3) is 0 Å². The Labute approximate surface area is 175 Å². The molecule has 1 saturated heterocycles. The second-order valence-electron chi connectivity index (χ2n) is 7.18. The molecular weight excluding hydrogens is 399 g/mol. The average Bonchev–Trinajstić information content (AvgIpc) is 2.94. The summed E-state index contributed by atoms with van der Waals surface area (Å²) in [6.45, 7) is 5.61. The number of benzene rings is 1. The van der Waals surface area contributed by atoms with Crippen molar-refractivity contribution in [1.82, 2.24) is 9.80 Å². The number of likely N-dealkylation sites (N-methyl/N-ethyl adjacent to an activating group) is 1. The fraction of sp³-hybridized carbons (Fsp3) is 0.450. The van der Waals surface area contributed by atoms with Crippen LogP contribution in [0.3, 0.4) is 0 Å². The van der Waals surface area contributed by atoms with Gasteiger partial charge in [-0.05, 0) is 38.6 Å². The molecule has 8 heteroatoms. The summed E-state index contributed by atoms with van der Waals surface area (Å²) in [5.41, 5.74) is 2.60. The number of nitrogens with zero attached hydrogens (tertiary/aromatic N) is 3. The van der Waals surface area contributed by atoms with E-state index in [9.17, 15) is 4.39 Å². The molecule has 0 bridgehead atoms. The van der Waals surface area contributed by atoms with E-state index in [1.807, 2.05) is 0 Å². The minimum Gasteiger partial charge on any atom is -0.385 e. The van der Waals surface area contributed by atoms with Gasteiger partial charge in [-0.1, -0.05) is 0 Å². The van der Waals surface area contributed by atoms with E-state index in [1.165, 1.54) is 17.0 Å². The summed E-state index contributed by atoms with van der Waals surface area (Å²) in [7, 11) is 3.91. The number of fused-ring (bicyclic) bond motifs is 2. The van der Waals surface area contributed by atoms with Crippen LogP contribution in [0.4, 0.5) is 20.8 Å². The number of hydrogen-bond acceptors (Lipinski definition) is 6. The van der Waals surface area contributed by atoms with Crippen molar-refractivity contribution < 1.29 is 9.13 Å². The van der Waals surface area contributed by atoms with Crippen LogP contribution < -0.4 is 5.32 Å². The highest BCUT2D eigenvalue weighted by Crippen LogP contribution is 2.39. The Balaban J connectivity index is 0.00000225. The average molecular weight is 425 g/mol. The minimum absolute atomic E-state index is 0. The number of methoxy groups -OCH3 is 1. The maximum absolute atomic E-state index is 13.8. The molecule has 2 aliphatic heterocycles. The maximum Gasteiger partial charge on any atom is 0.139 e. The third kappa shape index (κ3) is 4.17. The highest BCUT2D eigenvalue weighted by molar-refractivity contribution is 7.16. The molecule has 1 aromatic heterocycles. The molecule has 1 N–H and O–H groups in total. The predicted molar refractivity (Wildman–Crippen MR) is 117 cm³/mol. The molecule has 1 atom stereocenters. The lowest BCUT2D eigenvalue weighted by Gasteiger charge is -2.40. The Morgan fingerprint density at radius 3 is 2.93 bits per heavy atom. The standard InChI is InChI=1S/C20H25FN4OS.ClH/c1-13-10-16-19(25-8-7-24(2)15(12-25)6-9-26-3)22-18-11-14(21)4-5-17(18)23-20(16)27-13;/h4-5,10-11,15,23H,6-9,12H2,1-3H3;1H. The normalized spacial score (nSPS) is 19.1. The number of amidine groups is 1. The van der Waals surface area contributed by atoms with Crippen molar-refractivity contribution in [2.45, 2.75) is 19.4 Å². The molecule has 0 spiro atoms. The van der Waals surface area contributed by atoms with Gasteiger partial charge in [0, 0.05) is 50.3 Å². The molecule has 0 saturated carbocycles. The first-order chi connectivity index (χ1) is 13.0. The van der Waals surface area contributed by atoms with Gasteiger partial charge in [0.1, 0.15) is 16.7 Å². The van der Waals surface area contributed by atoms with Gasteiger partial charge in [-0.15, -0.1) is 23.7 Å². The number of piperazine rings is 1. The topological polar surface area (TPSA) is 40.1 Å². The molecule has 0 aliphatic carbocycles. The van der Waals surface area contributed by atoms with Crippen molar-refractivity contribution in [3.63, 3.8) is 0 Å². The summed E-state index contributed by atoms with van der Waals surface area (Å²) >= 11 is 1.71. The lowest BCUT2D eigenvalue weighted by molar-refractivity contribution is 0.100. The molecule has 28 heavy (non-hydrogen) atoms. The maximum atomic E-state index is 13.8. The summed E-state index contributed by atoms with van der Waals surface area (Å²) < 4.78 is 19.1. The zero-order valence-electron chi connectivity index (χ0n) is 16.4. The number of nitrogens with one attached hydrogen (secondary N) is 1. The lowest BCUT2D eigenvalue weighted by atomic mass is 10.1. The first kappa shape index (κ1) is 21.0. The smallest absolute Gasteiger partial charge is 0.139 e. The van der Waals surface area contributed by atoms with E-state index >= 15 is 0 Å². The van der Waals surface area contributed by atoms with E-state index in [0.29, 0.717) is 11.7 Å². The van der Waals surface area contributed by atoms with Gasteiger partial charge in [0.25, 0.3) is 0 Å². The quantitative estimate of drug-likeness (QED) is 0.792. The van der Waals surface area contributed by atoms with E-state index in [2.05, 4.69) is 35.2 Å². The third-order valence-corrected chi connectivity index (χ3v) is 6.23. The van der Waals surface area contributed by atoms with Crippen LogP contribution in [0.5, 0.6) is 0 Å². The second kappa shape index (κ2) is 8.78. The Morgan fingerprint density at radius 1 is 1.32 bits per heavy atom. The molecular formula is C20H26ClFN4OS. The van der Waals surface area contributed by atoms with Crippen LogP contribution in [0.1, 0.15) is 16.9 Å². The fourth-order valence-corrected chi connectivity index (χ4v) is 4.64. The summed E-state index contributed by atoms with van der Waals surface area (Å²) in [6, 6.07) is 7.33. The van der Waals surface area contributed by atoms with Crippen molar-refractivity contribution in [2.75, 3.05) is 45.7 Å². The van der Waals surface area contributed by atoms with Crippen LogP contribution in [0.15, 0.2) is 29.3 Å². The Morgan fingerprint density at radius 2 is 2.14 bits per heavy atom. The van der Waals surface area contributed by atoms with Crippen LogP contribution in [-0.4, -0.2) is 62.1 Å². The molecule has 5 nitrogen and oxygen atoms in total. The van der Waals surface area contributed by atoms with Crippen LogP contribution in [-0.2, 0) is 4.74 Å². The van der Waals surface area contributed by atoms with E-state index in [1.54, 1.807) is 24.5 Å². The van der Waals surface area contributed by atoms with Crippen molar-refractivity contribution in [3.05, 3.63) is 40.5 Å². The number of rotatable bonds is 3. The van der Waals surface area contributed by atoms with E-state index < -0.39 is 0 Å². The third-order valence-electron chi connectivity index (χ3n) is 5.26. The summed E-state index contributed by atoms with van der Waals surface area (Å²) in [4.78, 5) is 10.9. The van der Waals surface area contributed by atoms with Crippen LogP contribution >= 0.6 is 23.7 Å². The number of halogens is 2. The van der Waals surface area contributed by atoms with Gasteiger partial charge in [-0.2, -0.15) is 0 Å². The molecule has 2 aromatic rings. The molecule has 0 radical (unpaired) electrons. The highest BCUT2D eigenvalue weighted by atomic mass is 35.5. The zero-order valence-corrected chi connectivity index (χ0v) is 18.0. The fourth-order valence-electron chi connectivity index (χ4n) is 3.72. The van der Waals surface area contributed by atoms with Gasteiger partial charge in [-0.25, -0.2) is 9.38 Å². The Hall–Kier alpha value is -1.67. The van der Waals surface area contributed by atoms with E-state index in [4.69, 9.17) is 9.73 Å². The molecule has 1 aromatic carbocycles. The van der Waals surface area contributed by atoms with Gasteiger partial charge in [0.2, 0.25) is 0 Å². The van der Waals surface area contributed by atoms with Gasteiger partial charge in [0.05, 0.1) is 16.9 Å². The molecule has 4 rings (SSSR count). The zero-order chi connectivity index (χ0) is 19.0. The van der Waals surface area contributed by atoms with Gasteiger partial charge >= 0.3 is 0 Å². The molecule has 1 fully saturated rings.